The highest BCUT2D eigenvalue weighted by atomic mass is 32.2. The van der Waals surface area contributed by atoms with E-state index in [9.17, 15) is 13.2 Å². The summed E-state index contributed by atoms with van der Waals surface area (Å²) in [7, 11) is -1.22. The van der Waals surface area contributed by atoms with Crippen LogP contribution in [-0.4, -0.2) is 41.3 Å². The van der Waals surface area contributed by atoms with E-state index < -0.39 is 22.5 Å². The summed E-state index contributed by atoms with van der Waals surface area (Å²) in [6, 6.07) is 20.2. The Labute approximate surface area is 193 Å². The minimum atomic E-state index is -4.10. The second-order valence-electron chi connectivity index (χ2n) is 7.07. The minimum Gasteiger partial charge on any atom is -0.493 e. The molecular formula is C24H25N3O5S. The van der Waals surface area contributed by atoms with Crippen molar-refractivity contribution in [3.8, 4) is 11.5 Å². The second-order valence-corrected chi connectivity index (χ2v) is 8.93. The first-order valence-corrected chi connectivity index (χ1v) is 11.5. The summed E-state index contributed by atoms with van der Waals surface area (Å²) in [5.74, 6) is 0.0662. The Kier molecular flexibility index (Phi) is 7.68. The Morgan fingerprint density at radius 2 is 1.70 bits per heavy atom. The Hall–Kier alpha value is -3.85. The lowest BCUT2D eigenvalue weighted by atomic mass is 10.2. The van der Waals surface area contributed by atoms with E-state index in [1.54, 1.807) is 30.3 Å². The molecule has 0 unspecified atom stereocenters. The van der Waals surface area contributed by atoms with Gasteiger partial charge in [0.2, 0.25) is 0 Å². The number of para-hydroxylation sites is 1. The number of carbonyl (C=O) groups excluding carboxylic acids is 1. The maximum absolute atomic E-state index is 13.5. The van der Waals surface area contributed by atoms with Crippen molar-refractivity contribution < 1.29 is 22.7 Å². The van der Waals surface area contributed by atoms with E-state index in [1.807, 2.05) is 31.2 Å². The summed E-state index contributed by atoms with van der Waals surface area (Å²) >= 11 is 0. The van der Waals surface area contributed by atoms with Crippen LogP contribution in [0, 0.1) is 6.92 Å². The first-order chi connectivity index (χ1) is 15.8. The van der Waals surface area contributed by atoms with Gasteiger partial charge in [-0.3, -0.25) is 9.10 Å². The zero-order chi connectivity index (χ0) is 23.8. The number of sulfonamides is 1. The zero-order valence-electron chi connectivity index (χ0n) is 18.6. The number of amides is 1. The van der Waals surface area contributed by atoms with Gasteiger partial charge in [0.05, 0.1) is 31.0 Å². The molecule has 0 saturated carbocycles. The van der Waals surface area contributed by atoms with Gasteiger partial charge >= 0.3 is 0 Å². The van der Waals surface area contributed by atoms with Crippen molar-refractivity contribution >= 4 is 27.8 Å². The average Bonchev–Trinajstić information content (AvgIpc) is 2.82. The normalized spacial score (nSPS) is 11.2. The number of anilines is 1. The van der Waals surface area contributed by atoms with Gasteiger partial charge in [0.25, 0.3) is 15.9 Å². The molecular weight excluding hydrogens is 442 g/mol. The van der Waals surface area contributed by atoms with Crippen molar-refractivity contribution in [2.75, 3.05) is 25.1 Å². The number of carbonyl (C=O) groups is 1. The molecule has 0 saturated heterocycles. The van der Waals surface area contributed by atoms with Crippen LogP contribution >= 0.6 is 0 Å². The number of aryl methyl sites for hydroxylation is 1. The summed E-state index contributed by atoms with van der Waals surface area (Å²) in [5.41, 5.74) is 4.60. The lowest BCUT2D eigenvalue weighted by Crippen LogP contribution is -2.39. The van der Waals surface area contributed by atoms with Crippen LogP contribution in [0.4, 0.5) is 5.69 Å². The third-order valence-electron chi connectivity index (χ3n) is 4.72. The van der Waals surface area contributed by atoms with Crippen molar-refractivity contribution in [3.05, 3.63) is 83.9 Å². The van der Waals surface area contributed by atoms with Crippen molar-refractivity contribution in [1.29, 1.82) is 0 Å². The molecule has 3 rings (SSSR count). The predicted octanol–water partition coefficient (Wildman–Crippen LogP) is 3.36. The Balaban J connectivity index is 1.87. The van der Waals surface area contributed by atoms with Crippen LogP contribution < -0.4 is 19.2 Å². The standard InChI is InChI=1S/C24H25N3O5S/c1-18-8-7-9-19(14-18)16-25-26-24(28)17-27(20-10-5-4-6-11-20)33(29,30)21-12-13-22(31-2)23(15-21)32-3/h4-16H,17H2,1-3H3,(H,26,28)/b25-16-. The number of benzene rings is 3. The first-order valence-electron chi connectivity index (χ1n) is 10.0. The lowest BCUT2D eigenvalue weighted by Gasteiger charge is -2.24. The van der Waals surface area contributed by atoms with E-state index in [4.69, 9.17) is 9.47 Å². The van der Waals surface area contributed by atoms with E-state index in [0.717, 1.165) is 15.4 Å². The van der Waals surface area contributed by atoms with Gasteiger partial charge in [-0.05, 0) is 36.8 Å². The predicted molar refractivity (Wildman–Crippen MR) is 127 cm³/mol. The van der Waals surface area contributed by atoms with Gasteiger partial charge in [0.1, 0.15) is 6.54 Å². The number of hydrogen-bond donors (Lipinski definition) is 1. The summed E-state index contributed by atoms with van der Waals surface area (Å²) in [5, 5.41) is 3.95. The molecule has 0 radical (unpaired) electrons. The van der Waals surface area contributed by atoms with Gasteiger partial charge in [0.15, 0.2) is 11.5 Å². The molecule has 3 aromatic carbocycles. The number of hydrazone groups is 1. The molecule has 3 aromatic rings. The largest absolute Gasteiger partial charge is 0.493 e. The summed E-state index contributed by atoms with van der Waals surface area (Å²) in [6.45, 7) is 1.48. The molecule has 0 atom stereocenters. The Morgan fingerprint density at radius 3 is 2.36 bits per heavy atom. The molecule has 1 N–H and O–H groups in total. The third-order valence-corrected chi connectivity index (χ3v) is 6.49. The van der Waals surface area contributed by atoms with Gasteiger partial charge in [-0.25, -0.2) is 13.8 Å². The fourth-order valence-electron chi connectivity index (χ4n) is 3.11. The number of rotatable bonds is 9. The average molecular weight is 468 g/mol. The van der Waals surface area contributed by atoms with Gasteiger partial charge in [0, 0.05) is 6.07 Å². The molecule has 0 fully saturated rings. The lowest BCUT2D eigenvalue weighted by molar-refractivity contribution is -0.119. The summed E-state index contributed by atoms with van der Waals surface area (Å²) in [6.07, 6.45) is 1.50. The number of ether oxygens (including phenoxy) is 2. The number of hydrogen-bond acceptors (Lipinski definition) is 6. The maximum Gasteiger partial charge on any atom is 0.264 e. The Bertz CT molecular complexity index is 1240. The van der Waals surface area contributed by atoms with E-state index in [-0.39, 0.29) is 10.6 Å². The van der Waals surface area contributed by atoms with Gasteiger partial charge in [-0.2, -0.15) is 5.10 Å². The molecule has 0 heterocycles. The molecule has 0 aliphatic carbocycles. The quantitative estimate of drug-likeness (QED) is 0.384. The summed E-state index contributed by atoms with van der Waals surface area (Å²) < 4.78 is 38.4. The SMILES string of the molecule is COc1ccc(S(=O)(=O)N(CC(=O)N/N=C\c2cccc(C)c2)c2ccccc2)cc1OC. The van der Waals surface area contributed by atoms with Crippen LogP contribution in [0.15, 0.2) is 82.8 Å². The number of nitrogens with one attached hydrogen (secondary N) is 1. The third kappa shape index (κ3) is 5.89. The van der Waals surface area contributed by atoms with E-state index in [2.05, 4.69) is 10.5 Å². The highest BCUT2D eigenvalue weighted by molar-refractivity contribution is 7.92. The summed E-state index contributed by atoms with van der Waals surface area (Å²) in [4.78, 5) is 12.6. The topological polar surface area (TPSA) is 97.3 Å². The molecule has 0 bridgehead atoms. The minimum absolute atomic E-state index is 0.0416. The fourth-order valence-corrected chi connectivity index (χ4v) is 4.55. The van der Waals surface area contributed by atoms with Crippen LogP contribution in [0.2, 0.25) is 0 Å². The molecule has 0 spiro atoms. The van der Waals surface area contributed by atoms with E-state index in [1.165, 1.54) is 38.6 Å². The smallest absolute Gasteiger partial charge is 0.264 e. The van der Waals surface area contributed by atoms with Crippen LogP contribution in [0.3, 0.4) is 0 Å². The fraction of sp³-hybridized carbons (Fsp3) is 0.167. The van der Waals surface area contributed by atoms with Crippen LogP contribution in [0.25, 0.3) is 0 Å². The molecule has 0 aromatic heterocycles. The van der Waals surface area contributed by atoms with Gasteiger partial charge < -0.3 is 9.47 Å². The Morgan fingerprint density at radius 1 is 0.970 bits per heavy atom. The van der Waals surface area contributed by atoms with Crippen molar-refractivity contribution in [1.82, 2.24) is 5.43 Å². The van der Waals surface area contributed by atoms with Gasteiger partial charge in [-0.1, -0.05) is 48.0 Å². The van der Waals surface area contributed by atoms with Gasteiger partial charge in [-0.15, -0.1) is 0 Å². The molecule has 0 aliphatic heterocycles. The molecule has 1 amide bonds. The highest BCUT2D eigenvalue weighted by Gasteiger charge is 2.28. The molecule has 9 heteroatoms. The van der Waals surface area contributed by atoms with Crippen molar-refractivity contribution in [2.24, 2.45) is 5.10 Å². The van der Waals surface area contributed by atoms with Crippen molar-refractivity contribution in [2.45, 2.75) is 11.8 Å². The molecule has 33 heavy (non-hydrogen) atoms. The maximum atomic E-state index is 13.5. The monoisotopic (exact) mass is 467 g/mol. The molecule has 172 valence electrons. The zero-order valence-corrected chi connectivity index (χ0v) is 19.4. The first kappa shape index (κ1) is 23.8. The number of nitrogens with zero attached hydrogens (tertiary/aromatic N) is 2. The van der Waals surface area contributed by atoms with Crippen LogP contribution in [-0.2, 0) is 14.8 Å². The van der Waals surface area contributed by atoms with E-state index >= 15 is 0 Å². The van der Waals surface area contributed by atoms with Crippen molar-refractivity contribution in [3.63, 3.8) is 0 Å². The number of methoxy groups -OCH3 is 2. The second kappa shape index (κ2) is 10.6. The van der Waals surface area contributed by atoms with Crippen LogP contribution in [0.1, 0.15) is 11.1 Å². The van der Waals surface area contributed by atoms with Crippen LogP contribution in [0.5, 0.6) is 11.5 Å². The highest BCUT2D eigenvalue weighted by Crippen LogP contribution is 2.32. The van der Waals surface area contributed by atoms with E-state index in [0.29, 0.717) is 11.4 Å². The molecule has 8 nitrogen and oxygen atoms in total. The molecule has 0 aliphatic rings.